The largest absolute Gasteiger partial charge is 0.301 e. The van der Waals surface area contributed by atoms with Gasteiger partial charge in [-0.1, -0.05) is 6.92 Å². The third-order valence-corrected chi connectivity index (χ3v) is 6.71. The number of rotatable bonds is 4. The summed E-state index contributed by atoms with van der Waals surface area (Å²) in [6, 6.07) is 0. The highest BCUT2D eigenvalue weighted by molar-refractivity contribution is 7.13. The molecule has 1 aromatic rings. The van der Waals surface area contributed by atoms with E-state index in [-0.39, 0.29) is 17.7 Å². The molecular formula is C16H21N3O3S. The van der Waals surface area contributed by atoms with Crippen molar-refractivity contribution in [3.63, 3.8) is 0 Å². The summed E-state index contributed by atoms with van der Waals surface area (Å²) in [6.07, 6.45) is 5.63. The molecule has 6 nitrogen and oxygen atoms in total. The monoisotopic (exact) mass is 335 g/mol. The summed E-state index contributed by atoms with van der Waals surface area (Å²) in [7, 11) is 0. The number of thiazole rings is 1. The highest BCUT2D eigenvalue weighted by Crippen LogP contribution is 2.76. The molecule has 23 heavy (non-hydrogen) atoms. The highest BCUT2D eigenvalue weighted by Gasteiger charge is 2.69. The van der Waals surface area contributed by atoms with Crippen LogP contribution in [0.15, 0.2) is 5.38 Å². The van der Waals surface area contributed by atoms with Gasteiger partial charge < -0.3 is 5.32 Å². The lowest BCUT2D eigenvalue weighted by Crippen LogP contribution is -2.40. The lowest BCUT2D eigenvalue weighted by Gasteiger charge is -2.38. The molecule has 7 heteroatoms. The van der Waals surface area contributed by atoms with E-state index in [0.717, 1.165) is 25.2 Å². The molecule has 2 amide bonds. The maximum absolute atomic E-state index is 12.9. The Morgan fingerprint density at radius 2 is 2.22 bits per heavy atom. The van der Waals surface area contributed by atoms with Crippen LogP contribution in [0.2, 0.25) is 0 Å². The van der Waals surface area contributed by atoms with Crippen molar-refractivity contribution < 1.29 is 14.8 Å². The Morgan fingerprint density at radius 1 is 1.39 bits per heavy atom. The van der Waals surface area contributed by atoms with E-state index in [1.165, 1.54) is 24.2 Å². The molecule has 1 aromatic heterocycles. The standard InChI is InChI=1S/C16H21N3O3S/c1-9-3-15-5-10(15)6-16(4-9,8-15)13(21)18-14-17-11(7-23-14)2-12(20)19-22/h7,9-10,22H,2-6,8H2,1H3,(H,19,20)(H,17,18,21). The molecule has 4 atom stereocenters. The van der Waals surface area contributed by atoms with Crippen LogP contribution in [-0.2, 0) is 16.0 Å². The lowest BCUT2D eigenvalue weighted by atomic mass is 9.67. The molecule has 0 aromatic carbocycles. The zero-order valence-electron chi connectivity index (χ0n) is 13.1. The third-order valence-electron chi connectivity index (χ3n) is 5.90. The molecule has 3 N–H and O–H groups in total. The molecule has 3 aliphatic carbocycles. The Hall–Kier alpha value is -1.47. The molecular weight excluding hydrogens is 314 g/mol. The molecule has 0 saturated heterocycles. The first-order valence-electron chi connectivity index (χ1n) is 8.14. The van der Waals surface area contributed by atoms with E-state index in [9.17, 15) is 9.59 Å². The number of carbonyl (C=O) groups is 2. The van der Waals surface area contributed by atoms with Crippen LogP contribution in [0.3, 0.4) is 0 Å². The van der Waals surface area contributed by atoms with Gasteiger partial charge in [0.2, 0.25) is 11.8 Å². The quantitative estimate of drug-likeness (QED) is 0.582. The number of hydroxylamine groups is 1. The topological polar surface area (TPSA) is 91.3 Å². The van der Waals surface area contributed by atoms with Crippen LogP contribution in [0.25, 0.3) is 0 Å². The first-order valence-corrected chi connectivity index (χ1v) is 9.01. The van der Waals surface area contributed by atoms with Crippen LogP contribution in [0, 0.1) is 22.7 Å². The van der Waals surface area contributed by atoms with Gasteiger partial charge in [0, 0.05) is 5.38 Å². The molecule has 3 fully saturated rings. The second-order valence-corrected chi connectivity index (χ2v) is 8.61. The van der Waals surface area contributed by atoms with E-state index >= 15 is 0 Å². The second kappa shape index (κ2) is 5.01. The van der Waals surface area contributed by atoms with Gasteiger partial charge in [-0.3, -0.25) is 14.8 Å². The predicted octanol–water partition coefficient (Wildman–Crippen LogP) is 2.35. The summed E-state index contributed by atoms with van der Waals surface area (Å²) in [4.78, 5) is 28.3. The molecule has 3 saturated carbocycles. The van der Waals surface area contributed by atoms with Gasteiger partial charge in [0.25, 0.3) is 0 Å². The number of carbonyl (C=O) groups excluding carboxylic acids is 2. The molecule has 0 radical (unpaired) electrons. The number of aromatic nitrogens is 1. The fourth-order valence-electron chi connectivity index (χ4n) is 5.21. The molecule has 2 bridgehead atoms. The highest BCUT2D eigenvalue weighted by atomic mass is 32.1. The van der Waals surface area contributed by atoms with Crippen molar-refractivity contribution in [3.8, 4) is 0 Å². The molecule has 3 aliphatic rings. The maximum atomic E-state index is 12.9. The van der Waals surface area contributed by atoms with Crippen LogP contribution in [0.4, 0.5) is 5.13 Å². The van der Waals surface area contributed by atoms with Crippen LogP contribution >= 0.6 is 11.3 Å². The van der Waals surface area contributed by atoms with Crippen molar-refractivity contribution in [2.45, 2.75) is 45.4 Å². The summed E-state index contributed by atoms with van der Waals surface area (Å²) in [5, 5.41) is 13.8. The van der Waals surface area contributed by atoms with Crippen LogP contribution in [0.1, 0.15) is 44.7 Å². The van der Waals surface area contributed by atoms with Gasteiger partial charge in [-0.2, -0.15) is 0 Å². The van der Waals surface area contributed by atoms with Crippen LogP contribution in [-0.4, -0.2) is 22.0 Å². The zero-order valence-corrected chi connectivity index (χ0v) is 13.9. The van der Waals surface area contributed by atoms with Crippen molar-refractivity contribution in [3.05, 3.63) is 11.1 Å². The van der Waals surface area contributed by atoms with Crippen molar-refractivity contribution in [2.75, 3.05) is 5.32 Å². The van der Waals surface area contributed by atoms with Gasteiger partial charge in [0.1, 0.15) is 0 Å². The average Bonchev–Trinajstić information content (AvgIpc) is 2.83. The van der Waals surface area contributed by atoms with E-state index in [2.05, 4.69) is 17.2 Å². The number of nitrogens with zero attached hydrogens (tertiary/aromatic N) is 1. The van der Waals surface area contributed by atoms with Gasteiger partial charge in [0.05, 0.1) is 17.5 Å². The summed E-state index contributed by atoms with van der Waals surface area (Å²) < 4.78 is 0. The molecule has 1 spiro atoms. The van der Waals surface area contributed by atoms with E-state index < -0.39 is 5.91 Å². The van der Waals surface area contributed by atoms with Crippen molar-refractivity contribution in [2.24, 2.45) is 22.7 Å². The van der Waals surface area contributed by atoms with Crippen LogP contribution in [0.5, 0.6) is 0 Å². The fraction of sp³-hybridized carbons (Fsp3) is 0.688. The minimum atomic E-state index is -0.509. The number of anilines is 1. The van der Waals surface area contributed by atoms with E-state index in [1.807, 2.05) is 0 Å². The van der Waals surface area contributed by atoms with Crippen molar-refractivity contribution >= 4 is 28.3 Å². The Bertz CT molecular complexity index is 671. The predicted molar refractivity (Wildman–Crippen MR) is 85.0 cm³/mol. The van der Waals surface area contributed by atoms with E-state index in [4.69, 9.17) is 5.21 Å². The van der Waals surface area contributed by atoms with Gasteiger partial charge >= 0.3 is 0 Å². The van der Waals surface area contributed by atoms with Gasteiger partial charge in [-0.15, -0.1) is 11.3 Å². The molecule has 1 heterocycles. The molecule has 0 aliphatic heterocycles. The number of nitrogens with one attached hydrogen (secondary N) is 2. The maximum Gasteiger partial charge on any atom is 0.249 e. The summed E-state index contributed by atoms with van der Waals surface area (Å²) in [6.45, 7) is 2.26. The Morgan fingerprint density at radius 3 is 3.00 bits per heavy atom. The minimum Gasteiger partial charge on any atom is -0.301 e. The second-order valence-electron chi connectivity index (χ2n) is 7.75. The molecule has 124 valence electrons. The smallest absolute Gasteiger partial charge is 0.249 e. The number of amides is 2. The normalized spacial score (nSPS) is 37.1. The van der Waals surface area contributed by atoms with E-state index in [1.54, 1.807) is 10.9 Å². The zero-order chi connectivity index (χ0) is 16.2. The molecule has 4 unspecified atom stereocenters. The first kappa shape index (κ1) is 15.1. The SMILES string of the molecule is CC1CC2(C(=O)Nc3nc(CC(=O)NO)cs3)CC3CC3(C1)C2. The van der Waals surface area contributed by atoms with Crippen molar-refractivity contribution in [1.82, 2.24) is 10.5 Å². The van der Waals surface area contributed by atoms with Crippen LogP contribution < -0.4 is 10.8 Å². The van der Waals surface area contributed by atoms with Gasteiger partial charge in [-0.25, -0.2) is 10.5 Å². The summed E-state index contributed by atoms with van der Waals surface area (Å²) in [5.41, 5.74) is 2.39. The number of hydrogen-bond donors (Lipinski definition) is 3. The summed E-state index contributed by atoms with van der Waals surface area (Å²) in [5.74, 6) is 0.953. The number of hydrogen-bond acceptors (Lipinski definition) is 5. The van der Waals surface area contributed by atoms with Gasteiger partial charge in [0.15, 0.2) is 5.13 Å². The average molecular weight is 335 g/mol. The van der Waals surface area contributed by atoms with E-state index in [0.29, 0.717) is 22.2 Å². The Balaban J connectivity index is 1.45. The van der Waals surface area contributed by atoms with Crippen molar-refractivity contribution in [1.29, 1.82) is 0 Å². The Kier molecular flexibility index (Phi) is 3.29. The first-order chi connectivity index (χ1) is 10.9. The fourth-order valence-corrected chi connectivity index (χ4v) is 5.92. The van der Waals surface area contributed by atoms with Gasteiger partial charge in [-0.05, 0) is 49.4 Å². The Labute approximate surface area is 138 Å². The molecule has 4 rings (SSSR count). The minimum absolute atomic E-state index is 0.0102. The number of fused-ring (bicyclic) bond motifs is 1. The third kappa shape index (κ3) is 2.46. The summed E-state index contributed by atoms with van der Waals surface area (Å²) >= 11 is 1.32. The lowest BCUT2D eigenvalue weighted by molar-refractivity contribution is -0.129.